The number of ether oxygens (including phenoxy) is 1. The molecule has 94 valence electrons. The summed E-state index contributed by atoms with van der Waals surface area (Å²) in [5, 5.41) is 2.81. The van der Waals surface area contributed by atoms with Crippen molar-refractivity contribution in [3.05, 3.63) is 36.8 Å². The molecule has 1 aromatic carbocycles. The maximum atomic E-state index is 12.2. The van der Waals surface area contributed by atoms with E-state index >= 15 is 0 Å². The summed E-state index contributed by atoms with van der Waals surface area (Å²) in [5.74, 6) is 0.348. The van der Waals surface area contributed by atoms with Crippen LogP contribution >= 0.6 is 0 Å². The fraction of sp³-hybridized carbons (Fsp3) is 0.0909. The van der Waals surface area contributed by atoms with E-state index in [1.807, 2.05) is 0 Å². The lowest BCUT2D eigenvalue weighted by Crippen LogP contribution is -2.05. The summed E-state index contributed by atoms with van der Waals surface area (Å²) < 4.78 is 28.8. The maximum absolute atomic E-state index is 12.2. The summed E-state index contributed by atoms with van der Waals surface area (Å²) >= 11 is 0. The Morgan fingerprint density at radius 1 is 1.28 bits per heavy atom. The average molecular weight is 252 g/mol. The van der Waals surface area contributed by atoms with E-state index in [9.17, 15) is 8.78 Å². The van der Waals surface area contributed by atoms with Crippen LogP contribution in [0.2, 0.25) is 0 Å². The monoisotopic (exact) mass is 252 g/mol. The van der Waals surface area contributed by atoms with Crippen LogP contribution in [0.3, 0.4) is 0 Å². The van der Waals surface area contributed by atoms with Crippen molar-refractivity contribution in [3.63, 3.8) is 0 Å². The number of rotatable bonds is 4. The van der Waals surface area contributed by atoms with Gasteiger partial charge in [-0.3, -0.25) is 0 Å². The molecule has 18 heavy (non-hydrogen) atoms. The Bertz CT molecular complexity index is 536. The standard InChI is InChI=1S/C11H10F2N4O/c12-11(13)18-9-4-2-1-3-8(9)17-10-7(14)5-15-6-16-10/h1-6,11H,14H2,(H,15,16,17). The van der Waals surface area contributed by atoms with Gasteiger partial charge in [-0.05, 0) is 12.1 Å². The number of hydrogen-bond acceptors (Lipinski definition) is 5. The van der Waals surface area contributed by atoms with Crippen molar-refractivity contribution in [2.45, 2.75) is 6.61 Å². The van der Waals surface area contributed by atoms with Crippen LogP contribution in [0.1, 0.15) is 0 Å². The molecule has 0 aliphatic heterocycles. The highest BCUT2D eigenvalue weighted by molar-refractivity contribution is 5.71. The molecule has 3 N–H and O–H groups in total. The van der Waals surface area contributed by atoms with Gasteiger partial charge in [0, 0.05) is 0 Å². The minimum absolute atomic E-state index is 0.0190. The summed E-state index contributed by atoms with van der Waals surface area (Å²) in [6.45, 7) is -2.89. The molecule has 0 radical (unpaired) electrons. The second kappa shape index (κ2) is 5.26. The first-order valence-electron chi connectivity index (χ1n) is 5.03. The van der Waals surface area contributed by atoms with Gasteiger partial charge in [-0.25, -0.2) is 9.97 Å². The third-order valence-electron chi connectivity index (χ3n) is 2.10. The van der Waals surface area contributed by atoms with Crippen molar-refractivity contribution < 1.29 is 13.5 Å². The van der Waals surface area contributed by atoms with Crippen molar-refractivity contribution in [2.75, 3.05) is 11.1 Å². The van der Waals surface area contributed by atoms with Crippen LogP contribution in [0.5, 0.6) is 5.75 Å². The molecule has 0 bridgehead atoms. The lowest BCUT2D eigenvalue weighted by molar-refractivity contribution is -0.0493. The van der Waals surface area contributed by atoms with E-state index in [1.165, 1.54) is 18.6 Å². The van der Waals surface area contributed by atoms with E-state index in [0.29, 0.717) is 17.2 Å². The number of halogens is 2. The molecule has 1 aromatic heterocycles. The molecule has 0 atom stereocenters. The van der Waals surface area contributed by atoms with Gasteiger partial charge in [0.2, 0.25) is 0 Å². The first-order valence-corrected chi connectivity index (χ1v) is 5.03. The highest BCUT2D eigenvalue weighted by Gasteiger charge is 2.10. The van der Waals surface area contributed by atoms with Crippen LogP contribution in [-0.2, 0) is 0 Å². The molecule has 7 heteroatoms. The second-order valence-corrected chi connectivity index (χ2v) is 3.33. The minimum Gasteiger partial charge on any atom is -0.433 e. The predicted octanol–water partition coefficient (Wildman–Crippen LogP) is 2.40. The van der Waals surface area contributed by atoms with Crippen LogP contribution in [-0.4, -0.2) is 16.6 Å². The van der Waals surface area contributed by atoms with Crippen LogP contribution in [0.25, 0.3) is 0 Å². The van der Waals surface area contributed by atoms with Crippen molar-refractivity contribution >= 4 is 17.2 Å². The number of alkyl halides is 2. The maximum Gasteiger partial charge on any atom is 0.387 e. The minimum atomic E-state index is -2.89. The largest absolute Gasteiger partial charge is 0.433 e. The zero-order chi connectivity index (χ0) is 13.0. The van der Waals surface area contributed by atoms with Gasteiger partial charge in [0.1, 0.15) is 12.1 Å². The van der Waals surface area contributed by atoms with Crippen molar-refractivity contribution in [1.82, 2.24) is 9.97 Å². The molecule has 0 amide bonds. The fourth-order valence-corrected chi connectivity index (χ4v) is 1.34. The van der Waals surface area contributed by atoms with Gasteiger partial charge < -0.3 is 15.8 Å². The van der Waals surface area contributed by atoms with E-state index in [0.717, 1.165) is 0 Å². The Hall–Kier alpha value is -2.44. The molecule has 0 aliphatic rings. The molecular weight excluding hydrogens is 242 g/mol. The molecule has 1 heterocycles. The van der Waals surface area contributed by atoms with Gasteiger partial charge in [0.15, 0.2) is 5.82 Å². The van der Waals surface area contributed by atoms with Gasteiger partial charge in [-0.2, -0.15) is 8.78 Å². The molecule has 2 aromatic rings. The second-order valence-electron chi connectivity index (χ2n) is 3.33. The van der Waals surface area contributed by atoms with E-state index in [1.54, 1.807) is 18.2 Å². The number of benzene rings is 1. The Kier molecular flexibility index (Phi) is 3.52. The zero-order valence-corrected chi connectivity index (χ0v) is 9.18. The van der Waals surface area contributed by atoms with E-state index < -0.39 is 6.61 Å². The van der Waals surface area contributed by atoms with Gasteiger partial charge in [-0.15, -0.1) is 0 Å². The van der Waals surface area contributed by atoms with Crippen molar-refractivity contribution in [1.29, 1.82) is 0 Å². The number of anilines is 3. The van der Waals surface area contributed by atoms with E-state index in [4.69, 9.17) is 5.73 Å². The average Bonchev–Trinajstić information content (AvgIpc) is 2.34. The Morgan fingerprint density at radius 2 is 2.06 bits per heavy atom. The third kappa shape index (κ3) is 2.82. The Balaban J connectivity index is 2.26. The molecule has 0 unspecified atom stereocenters. The van der Waals surface area contributed by atoms with Gasteiger partial charge in [-0.1, -0.05) is 12.1 Å². The first kappa shape index (κ1) is 12.0. The van der Waals surface area contributed by atoms with E-state index in [2.05, 4.69) is 20.0 Å². The van der Waals surface area contributed by atoms with Gasteiger partial charge >= 0.3 is 6.61 Å². The number of nitrogens with two attached hydrogens (primary N) is 1. The van der Waals surface area contributed by atoms with Crippen LogP contribution in [0.15, 0.2) is 36.8 Å². The highest BCUT2D eigenvalue weighted by atomic mass is 19.3. The quantitative estimate of drug-likeness (QED) is 0.874. The number of para-hydroxylation sites is 2. The molecule has 0 spiro atoms. The number of nitrogens with zero attached hydrogens (tertiary/aromatic N) is 2. The summed E-state index contributed by atoms with van der Waals surface area (Å²) in [7, 11) is 0. The summed E-state index contributed by atoms with van der Waals surface area (Å²) in [6.07, 6.45) is 2.71. The molecule has 0 fully saturated rings. The number of nitrogen functional groups attached to an aromatic ring is 1. The molecular formula is C11H10F2N4O. The number of aromatic nitrogens is 2. The lowest BCUT2D eigenvalue weighted by Gasteiger charge is -2.12. The molecule has 5 nitrogen and oxygen atoms in total. The summed E-state index contributed by atoms with van der Waals surface area (Å²) in [6, 6.07) is 6.27. The molecule has 2 rings (SSSR count). The SMILES string of the molecule is Nc1cncnc1Nc1ccccc1OC(F)F. The Labute approximate surface area is 102 Å². The molecule has 0 saturated carbocycles. The van der Waals surface area contributed by atoms with E-state index in [-0.39, 0.29) is 5.75 Å². The Morgan fingerprint density at radius 3 is 2.78 bits per heavy atom. The summed E-state index contributed by atoms with van der Waals surface area (Å²) in [4.78, 5) is 7.63. The number of nitrogens with one attached hydrogen (secondary N) is 1. The van der Waals surface area contributed by atoms with Crippen molar-refractivity contribution in [2.24, 2.45) is 0 Å². The van der Waals surface area contributed by atoms with Gasteiger partial charge in [0.05, 0.1) is 17.6 Å². The van der Waals surface area contributed by atoms with Crippen molar-refractivity contribution in [3.8, 4) is 5.75 Å². The van der Waals surface area contributed by atoms with Gasteiger partial charge in [0.25, 0.3) is 0 Å². The number of hydrogen-bond donors (Lipinski definition) is 2. The first-order chi connectivity index (χ1) is 8.66. The van der Waals surface area contributed by atoms with Crippen LogP contribution in [0, 0.1) is 0 Å². The summed E-state index contributed by atoms with van der Waals surface area (Å²) in [5.41, 5.74) is 6.30. The normalized spacial score (nSPS) is 10.4. The zero-order valence-electron chi connectivity index (χ0n) is 9.18. The van der Waals surface area contributed by atoms with Crippen LogP contribution < -0.4 is 15.8 Å². The lowest BCUT2D eigenvalue weighted by atomic mass is 10.3. The smallest absolute Gasteiger partial charge is 0.387 e. The highest BCUT2D eigenvalue weighted by Crippen LogP contribution is 2.29. The van der Waals surface area contributed by atoms with Crippen LogP contribution in [0.4, 0.5) is 26.0 Å². The topological polar surface area (TPSA) is 73.1 Å². The predicted molar refractivity (Wildman–Crippen MR) is 62.8 cm³/mol. The molecule has 0 saturated heterocycles. The fourth-order valence-electron chi connectivity index (χ4n) is 1.34. The third-order valence-corrected chi connectivity index (χ3v) is 2.10. The molecule has 0 aliphatic carbocycles.